The van der Waals surface area contributed by atoms with Crippen molar-refractivity contribution < 1.29 is 14.6 Å². The van der Waals surface area contributed by atoms with Crippen LogP contribution >= 0.6 is 0 Å². The zero-order valence-electron chi connectivity index (χ0n) is 21.5. The average molecular weight is 490 g/mol. The van der Waals surface area contributed by atoms with Crippen molar-refractivity contribution in [1.29, 1.82) is 0 Å². The van der Waals surface area contributed by atoms with Crippen LogP contribution in [-0.2, 0) is 24.4 Å². The highest BCUT2D eigenvalue weighted by atomic mass is 16.5. The Bertz CT molecular complexity index is 1610. The molecule has 36 heavy (non-hydrogen) atoms. The molecule has 1 N–H and O–H groups in total. The summed E-state index contributed by atoms with van der Waals surface area (Å²) in [6.45, 7) is 8.78. The lowest BCUT2D eigenvalue weighted by Crippen LogP contribution is -2.40. The number of aromatic nitrogens is 3. The van der Waals surface area contributed by atoms with Crippen LogP contribution in [0.25, 0.3) is 22.2 Å². The predicted molar refractivity (Wildman–Crippen MR) is 139 cm³/mol. The van der Waals surface area contributed by atoms with Crippen LogP contribution in [0.4, 0.5) is 0 Å². The summed E-state index contributed by atoms with van der Waals surface area (Å²) in [5, 5.41) is 10.8. The lowest BCUT2D eigenvalue weighted by atomic mass is 9.97. The monoisotopic (exact) mass is 489 g/mol. The summed E-state index contributed by atoms with van der Waals surface area (Å²) in [7, 11) is 3.19. The topological polar surface area (TPSA) is 87.6 Å². The standard InChI is InChI=1S/C28H31N3O5/c1-7-35-20-14-18(12-13-19(20)32)25-24-23-21(26(33)30(6)27(34)29(23)5)22(17-10-8-16(2)9-11-17)31(24)28(3,4)15-36-25/h8-14,25,32H,7,15H2,1-6H3/t25-/m0/s1. The molecule has 0 fully saturated rings. The number of nitrogens with zero attached hydrogens (tertiary/aromatic N) is 3. The number of benzene rings is 2. The summed E-state index contributed by atoms with van der Waals surface area (Å²) in [5.41, 5.74) is 3.54. The molecule has 0 radical (unpaired) electrons. The van der Waals surface area contributed by atoms with E-state index in [1.807, 2.05) is 38.1 Å². The molecule has 1 aliphatic rings. The van der Waals surface area contributed by atoms with E-state index in [1.165, 1.54) is 11.6 Å². The van der Waals surface area contributed by atoms with Crippen molar-refractivity contribution in [3.05, 3.63) is 80.1 Å². The minimum absolute atomic E-state index is 0.0404. The number of hydrogen-bond acceptors (Lipinski definition) is 5. The Kier molecular flexibility index (Phi) is 5.59. The Hall–Kier alpha value is -3.78. The number of phenols is 1. The molecule has 0 spiro atoms. The third-order valence-corrected chi connectivity index (χ3v) is 6.98. The first-order chi connectivity index (χ1) is 17.1. The zero-order valence-corrected chi connectivity index (χ0v) is 21.5. The molecule has 1 atom stereocenters. The summed E-state index contributed by atoms with van der Waals surface area (Å²) >= 11 is 0. The van der Waals surface area contributed by atoms with Crippen molar-refractivity contribution >= 4 is 10.9 Å². The quantitative estimate of drug-likeness (QED) is 0.469. The zero-order chi connectivity index (χ0) is 25.9. The molecule has 2 aromatic carbocycles. The van der Waals surface area contributed by atoms with Gasteiger partial charge in [0.25, 0.3) is 5.56 Å². The van der Waals surface area contributed by atoms with Crippen molar-refractivity contribution in [2.24, 2.45) is 14.1 Å². The van der Waals surface area contributed by atoms with Crippen molar-refractivity contribution in [3.63, 3.8) is 0 Å². The Morgan fingerprint density at radius 3 is 2.44 bits per heavy atom. The molecule has 2 aromatic heterocycles. The number of phenolic OH excluding ortho intramolecular Hbond substituents is 1. The highest BCUT2D eigenvalue weighted by Gasteiger charge is 2.40. The number of hydrogen-bond donors (Lipinski definition) is 1. The first-order valence-electron chi connectivity index (χ1n) is 12.1. The number of aromatic hydroxyl groups is 1. The second-order valence-corrected chi connectivity index (χ2v) is 10.0. The number of aryl methyl sites for hydroxylation is 2. The van der Waals surface area contributed by atoms with Crippen molar-refractivity contribution in [1.82, 2.24) is 13.7 Å². The van der Waals surface area contributed by atoms with Gasteiger partial charge < -0.3 is 19.1 Å². The van der Waals surface area contributed by atoms with Crippen LogP contribution in [0.5, 0.6) is 11.5 Å². The van der Waals surface area contributed by atoms with Gasteiger partial charge in [-0.25, -0.2) is 4.79 Å². The van der Waals surface area contributed by atoms with E-state index >= 15 is 0 Å². The number of ether oxygens (including phenoxy) is 2. The van der Waals surface area contributed by atoms with Crippen LogP contribution in [0.2, 0.25) is 0 Å². The van der Waals surface area contributed by atoms with Gasteiger partial charge in [-0.05, 0) is 51.0 Å². The third kappa shape index (κ3) is 3.47. The minimum Gasteiger partial charge on any atom is -0.504 e. The Morgan fingerprint density at radius 1 is 1.08 bits per heavy atom. The van der Waals surface area contributed by atoms with Crippen molar-refractivity contribution in [2.75, 3.05) is 13.2 Å². The summed E-state index contributed by atoms with van der Waals surface area (Å²) in [4.78, 5) is 26.8. The molecule has 0 bridgehead atoms. The maximum Gasteiger partial charge on any atom is 0.331 e. The molecule has 188 valence electrons. The molecule has 0 aliphatic carbocycles. The van der Waals surface area contributed by atoms with Gasteiger partial charge in [0.2, 0.25) is 0 Å². The van der Waals surface area contributed by atoms with E-state index in [9.17, 15) is 14.7 Å². The molecule has 8 nitrogen and oxygen atoms in total. The highest BCUT2D eigenvalue weighted by molar-refractivity contribution is 5.96. The summed E-state index contributed by atoms with van der Waals surface area (Å²) in [6.07, 6.45) is -0.586. The smallest absolute Gasteiger partial charge is 0.331 e. The predicted octanol–water partition coefficient (Wildman–Crippen LogP) is 3.97. The molecule has 8 heteroatoms. The van der Waals surface area contributed by atoms with E-state index in [4.69, 9.17) is 9.47 Å². The first-order valence-corrected chi connectivity index (χ1v) is 12.1. The van der Waals surface area contributed by atoms with Crippen LogP contribution in [0.15, 0.2) is 52.1 Å². The van der Waals surface area contributed by atoms with E-state index in [-0.39, 0.29) is 11.3 Å². The van der Waals surface area contributed by atoms with Gasteiger partial charge in [-0.1, -0.05) is 35.9 Å². The lowest BCUT2D eigenvalue weighted by Gasteiger charge is -2.39. The van der Waals surface area contributed by atoms with Gasteiger partial charge in [-0.2, -0.15) is 0 Å². The molecule has 3 heterocycles. The second kappa shape index (κ2) is 8.41. The molecule has 0 saturated carbocycles. The average Bonchev–Trinajstić information content (AvgIpc) is 3.21. The molecule has 0 saturated heterocycles. The van der Waals surface area contributed by atoms with Crippen LogP contribution in [0, 0.1) is 6.92 Å². The SMILES string of the molecule is CCOc1cc([C@@H]2OCC(C)(C)n3c(-c4ccc(C)cc4)c4c(=O)n(C)c(=O)n(C)c4c32)ccc1O. The van der Waals surface area contributed by atoms with Crippen molar-refractivity contribution in [2.45, 2.75) is 39.3 Å². The Morgan fingerprint density at radius 2 is 1.78 bits per heavy atom. The van der Waals surface area contributed by atoms with Crippen LogP contribution in [0.1, 0.15) is 43.7 Å². The maximum absolute atomic E-state index is 13.7. The normalized spacial score (nSPS) is 16.8. The number of rotatable bonds is 4. The highest BCUT2D eigenvalue weighted by Crippen LogP contribution is 2.46. The van der Waals surface area contributed by atoms with E-state index in [2.05, 4.69) is 18.4 Å². The molecule has 1 aliphatic heterocycles. The Labute approximate surface area is 208 Å². The minimum atomic E-state index is -0.586. The molecular formula is C28H31N3O5. The first kappa shape index (κ1) is 23.9. The van der Waals surface area contributed by atoms with Gasteiger partial charge in [-0.15, -0.1) is 0 Å². The summed E-state index contributed by atoms with van der Waals surface area (Å²) in [5.74, 6) is 0.396. The molecule has 5 rings (SSSR count). The van der Waals surface area contributed by atoms with Gasteiger partial charge in [0.15, 0.2) is 11.5 Å². The maximum atomic E-state index is 13.7. The van der Waals surface area contributed by atoms with Gasteiger partial charge in [0, 0.05) is 14.1 Å². The van der Waals surface area contributed by atoms with Crippen LogP contribution < -0.4 is 16.0 Å². The molecule has 4 aromatic rings. The third-order valence-electron chi connectivity index (χ3n) is 6.98. The second-order valence-electron chi connectivity index (χ2n) is 10.0. The van der Waals surface area contributed by atoms with Crippen LogP contribution in [-0.4, -0.2) is 32.0 Å². The van der Waals surface area contributed by atoms with E-state index < -0.39 is 17.3 Å². The van der Waals surface area contributed by atoms with Gasteiger partial charge in [-0.3, -0.25) is 13.9 Å². The fraction of sp³-hybridized carbons (Fsp3) is 0.357. The molecule has 0 amide bonds. The summed E-state index contributed by atoms with van der Waals surface area (Å²) < 4.78 is 16.9. The van der Waals surface area contributed by atoms with Gasteiger partial charge in [0.05, 0.1) is 41.0 Å². The lowest BCUT2D eigenvalue weighted by molar-refractivity contribution is -0.00717. The largest absolute Gasteiger partial charge is 0.504 e. The van der Waals surface area contributed by atoms with E-state index in [1.54, 1.807) is 25.2 Å². The van der Waals surface area contributed by atoms with E-state index in [0.717, 1.165) is 32.6 Å². The molecular weight excluding hydrogens is 458 g/mol. The molecule has 0 unspecified atom stereocenters. The number of fused-ring (bicyclic) bond motifs is 3. The van der Waals surface area contributed by atoms with Crippen molar-refractivity contribution in [3.8, 4) is 22.8 Å². The van der Waals surface area contributed by atoms with Crippen LogP contribution in [0.3, 0.4) is 0 Å². The fourth-order valence-electron chi connectivity index (χ4n) is 5.20. The van der Waals surface area contributed by atoms with Gasteiger partial charge in [0.1, 0.15) is 6.10 Å². The summed E-state index contributed by atoms with van der Waals surface area (Å²) in [6, 6.07) is 13.2. The van der Waals surface area contributed by atoms with E-state index in [0.29, 0.717) is 29.9 Å². The fourth-order valence-corrected chi connectivity index (χ4v) is 5.20. The van der Waals surface area contributed by atoms with Gasteiger partial charge >= 0.3 is 5.69 Å². The Balaban J connectivity index is 1.94.